The van der Waals surface area contributed by atoms with Gasteiger partial charge in [-0.3, -0.25) is 0 Å². The van der Waals surface area contributed by atoms with Crippen LogP contribution in [0.25, 0.3) is 0 Å². The molecule has 0 fully saturated rings. The molecule has 0 aliphatic carbocycles. The van der Waals surface area contributed by atoms with Crippen LogP contribution in [0.1, 0.15) is 11.7 Å². The van der Waals surface area contributed by atoms with E-state index in [1.54, 1.807) is 6.92 Å². The van der Waals surface area contributed by atoms with Gasteiger partial charge in [0.15, 0.2) is 17.3 Å². The number of hydrogen-bond donors (Lipinski definition) is 1. The van der Waals surface area contributed by atoms with Gasteiger partial charge in [-0.2, -0.15) is 4.98 Å². The van der Waals surface area contributed by atoms with E-state index in [-0.39, 0.29) is 17.3 Å². The van der Waals surface area contributed by atoms with Crippen molar-refractivity contribution in [1.29, 1.82) is 0 Å². The first-order valence-corrected chi connectivity index (χ1v) is 7.45. The number of ether oxygens (including phenoxy) is 2. The van der Waals surface area contributed by atoms with Gasteiger partial charge in [0.25, 0.3) is 0 Å². The maximum absolute atomic E-state index is 12.2. The lowest BCUT2D eigenvalue weighted by atomic mass is 10.3. The maximum Gasteiger partial charge on any atom is 0.241 e. The van der Waals surface area contributed by atoms with E-state index in [4.69, 9.17) is 14.0 Å². The summed E-state index contributed by atoms with van der Waals surface area (Å²) >= 11 is 0. The molecule has 21 heavy (non-hydrogen) atoms. The number of sulfonamides is 1. The van der Waals surface area contributed by atoms with E-state index < -0.39 is 10.0 Å². The highest BCUT2D eigenvalue weighted by molar-refractivity contribution is 7.89. The van der Waals surface area contributed by atoms with Crippen LogP contribution in [0.15, 0.2) is 27.6 Å². The highest BCUT2D eigenvalue weighted by atomic mass is 32.2. The van der Waals surface area contributed by atoms with Crippen molar-refractivity contribution in [3.63, 3.8) is 0 Å². The Kier molecular flexibility index (Phi) is 4.43. The molecule has 1 aromatic carbocycles. The minimum atomic E-state index is -3.72. The molecule has 2 rings (SSSR count). The fourth-order valence-corrected chi connectivity index (χ4v) is 2.63. The second-order valence-corrected chi connectivity index (χ2v) is 5.84. The van der Waals surface area contributed by atoms with Crippen molar-refractivity contribution in [2.24, 2.45) is 0 Å². The van der Waals surface area contributed by atoms with Gasteiger partial charge in [-0.15, -0.1) is 0 Å². The molecule has 0 radical (unpaired) electrons. The molecule has 9 heteroatoms. The van der Waals surface area contributed by atoms with Crippen molar-refractivity contribution in [2.45, 2.75) is 18.4 Å². The normalized spacial score (nSPS) is 11.4. The average molecular weight is 313 g/mol. The van der Waals surface area contributed by atoms with Crippen LogP contribution >= 0.6 is 0 Å². The molecular formula is C12H15N3O5S. The van der Waals surface area contributed by atoms with E-state index in [2.05, 4.69) is 14.9 Å². The van der Waals surface area contributed by atoms with Gasteiger partial charge in [0.1, 0.15) is 0 Å². The predicted octanol–water partition coefficient (Wildman–Crippen LogP) is 0.874. The minimum absolute atomic E-state index is 0.0522. The van der Waals surface area contributed by atoms with Gasteiger partial charge in [0.05, 0.1) is 25.7 Å². The third-order valence-electron chi connectivity index (χ3n) is 2.65. The van der Waals surface area contributed by atoms with Gasteiger partial charge >= 0.3 is 0 Å². The summed E-state index contributed by atoms with van der Waals surface area (Å²) in [6.07, 6.45) is 0. The van der Waals surface area contributed by atoms with Crippen LogP contribution in [-0.2, 0) is 16.6 Å². The summed E-state index contributed by atoms with van der Waals surface area (Å²) in [5.41, 5.74) is 0. The van der Waals surface area contributed by atoms with Crippen molar-refractivity contribution >= 4 is 10.0 Å². The van der Waals surface area contributed by atoms with E-state index in [1.807, 2.05) is 0 Å². The number of aromatic nitrogens is 2. The van der Waals surface area contributed by atoms with Crippen LogP contribution in [-0.4, -0.2) is 32.8 Å². The Hall–Kier alpha value is -2.13. The zero-order chi connectivity index (χ0) is 15.5. The van der Waals surface area contributed by atoms with Crippen LogP contribution in [0.2, 0.25) is 0 Å². The van der Waals surface area contributed by atoms with Crippen molar-refractivity contribution in [3.05, 3.63) is 29.9 Å². The summed E-state index contributed by atoms with van der Waals surface area (Å²) in [6.45, 7) is 1.56. The van der Waals surface area contributed by atoms with E-state index in [0.717, 1.165) is 0 Å². The van der Waals surface area contributed by atoms with Crippen LogP contribution in [0, 0.1) is 6.92 Å². The molecule has 0 spiro atoms. The standard InChI is InChI=1S/C12H15N3O5S/c1-8-14-12(20-15-8)7-13-21(16,17)9-4-5-10(18-2)11(6-9)19-3/h4-6,13H,7H2,1-3H3. The molecule has 8 nitrogen and oxygen atoms in total. The monoisotopic (exact) mass is 313 g/mol. The van der Waals surface area contributed by atoms with Crippen molar-refractivity contribution < 1.29 is 22.4 Å². The number of nitrogens with one attached hydrogen (secondary N) is 1. The molecule has 0 saturated carbocycles. The third kappa shape index (κ3) is 3.50. The Morgan fingerprint density at radius 3 is 2.52 bits per heavy atom. The van der Waals surface area contributed by atoms with Gasteiger partial charge in [-0.05, 0) is 19.1 Å². The van der Waals surface area contributed by atoms with Crippen LogP contribution in [0.5, 0.6) is 11.5 Å². The molecule has 1 aromatic heterocycles. The lowest BCUT2D eigenvalue weighted by Crippen LogP contribution is -2.23. The first-order valence-electron chi connectivity index (χ1n) is 5.97. The summed E-state index contributed by atoms with van der Waals surface area (Å²) < 4.78 is 41.7. The van der Waals surface area contributed by atoms with E-state index >= 15 is 0 Å². The topological polar surface area (TPSA) is 104 Å². The highest BCUT2D eigenvalue weighted by Gasteiger charge is 2.18. The number of methoxy groups -OCH3 is 2. The Morgan fingerprint density at radius 2 is 1.95 bits per heavy atom. The maximum atomic E-state index is 12.2. The number of nitrogens with zero attached hydrogens (tertiary/aromatic N) is 2. The predicted molar refractivity (Wildman–Crippen MR) is 72.6 cm³/mol. The number of aryl methyl sites for hydroxylation is 1. The third-order valence-corrected chi connectivity index (χ3v) is 4.05. The first-order chi connectivity index (χ1) is 9.96. The van der Waals surface area contributed by atoms with Gasteiger partial charge < -0.3 is 14.0 Å². The summed E-state index contributed by atoms with van der Waals surface area (Å²) in [5.74, 6) is 1.41. The SMILES string of the molecule is COc1ccc(S(=O)(=O)NCc2nc(C)no2)cc1OC. The van der Waals surface area contributed by atoms with Crippen LogP contribution < -0.4 is 14.2 Å². The molecule has 0 saturated heterocycles. The van der Waals surface area contributed by atoms with E-state index in [0.29, 0.717) is 17.3 Å². The quantitative estimate of drug-likeness (QED) is 0.844. The number of rotatable bonds is 6. The zero-order valence-corrected chi connectivity index (χ0v) is 12.6. The molecule has 0 unspecified atom stereocenters. The molecule has 1 N–H and O–H groups in total. The lowest BCUT2D eigenvalue weighted by molar-refractivity contribution is 0.353. The molecule has 0 atom stereocenters. The van der Waals surface area contributed by atoms with Crippen molar-refractivity contribution in [3.8, 4) is 11.5 Å². The van der Waals surface area contributed by atoms with E-state index in [1.165, 1.54) is 32.4 Å². The molecule has 1 heterocycles. The molecule has 2 aromatic rings. The summed E-state index contributed by atoms with van der Waals surface area (Å²) in [7, 11) is -0.812. The molecule has 0 amide bonds. The Bertz CT molecular complexity index is 726. The summed E-state index contributed by atoms with van der Waals surface area (Å²) in [6, 6.07) is 4.31. The molecule has 0 bridgehead atoms. The van der Waals surface area contributed by atoms with Crippen LogP contribution in [0.4, 0.5) is 0 Å². The first kappa shape index (κ1) is 15.3. The second-order valence-electron chi connectivity index (χ2n) is 4.08. The van der Waals surface area contributed by atoms with Gasteiger partial charge in [0, 0.05) is 6.07 Å². The summed E-state index contributed by atoms with van der Waals surface area (Å²) in [5, 5.41) is 3.58. The molecule has 0 aliphatic heterocycles. The summed E-state index contributed by atoms with van der Waals surface area (Å²) in [4.78, 5) is 3.97. The lowest BCUT2D eigenvalue weighted by Gasteiger charge is -2.10. The number of hydrogen-bond acceptors (Lipinski definition) is 7. The smallest absolute Gasteiger partial charge is 0.241 e. The van der Waals surface area contributed by atoms with Crippen LogP contribution in [0.3, 0.4) is 0 Å². The van der Waals surface area contributed by atoms with E-state index in [9.17, 15) is 8.42 Å². The zero-order valence-electron chi connectivity index (χ0n) is 11.8. The molecular weight excluding hydrogens is 298 g/mol. The van der Waals surface area contributed by atoms with Gasteiger partial charge in [-0.1, -0.05) is 5.16 Å². The molecule has 0 aliphatic rings. The van der Waals surface area contributed by atoms with Crippen molar-refractivity contribution in [2.75, 3.05) is 14.2 Å². The van der Waals surface area contributed by atoms with Gasteiger partial charge in [-0.25, -0.2) is 13.1 Å². The van der Waals surface area contributed by atoms with Gasteiger partial charge in [0.2, 0.25) is 15.9 Å². The fraction of sp³-hybridized carbons (Fsp3) is 0.333. The Morgan fingerprint density at radius 1 is 1.24 bits per heavy atom. The minimum Gasteiger partial charge on any atom is -0.493 e. The number of benzene rings is 1. The average Bonchev–Trinajstić information content (AvgIpc) is 2.90. The molecule has 114 valence electrons. The fourth-order valence-electron chi connectivity index (χ4n) is 1.64. The largest absolute Gasteiger partial charge is 0.493 e. The Balaban J connectivity index is 2.19. The Labute approximate surface area is 122 Å². The highest BCUT2D eigenvalue weighted by Crippen LogP contribution is 2.29. The van der Waals surface area contributed by atoms with Crippen molar-refractivity contribution in [1.82, 2.24) is 14.9 Å². The second kappa shape index (κ2) is 6.10.